The highest BCUT2D eigenvalue weighted by atomic mass is 32.1. The van der Waals surface area contributed by atoms with Gasteiger partial charge in [0.25, 0.3) is 0 Å². The lowest BCUT2D eigenvalue weighted by Crippen LogP contribution is -2.18. The Hall–Kier alpha value is -2.07. The minimum Gasteiger partial charge on any atom is -0.376 e. The Balaban J connectivity index is 2.33. The quantitative estimate of drug-likeness (QED) is 0.700. The Labute approximate surface area is 117 Å². The van der Waals surface area contributed by atoms with Crippen molar-refractivity contribution in [1.82, 2.24) is 4.57 Å². The van der Waals surface area contributed by atoms with E-state index in [4.69, 9.17) is 18.0 Å². The summed E-state index contributed by atoms with van der Waals surface area (Å²) in [6.45, 7) is 3.11. The minimum absolute atomic E-state index is 0.290. The van der Waals surface area contributed by atoms with Gasteiger partial charge >= 0.3 is 0 Å². The average molecular weight is 269 g/mol. The zero-order valence-corrected chi connectivity index (χ0v) is 11.5. The van der Waals surface area contributed by atoms with Gasteiger partial charge in [-0.05, 0) is 43.4 Å². The SMILES string of the molecule is CCn1c2ccccc2c2cc(NC(N)=S)ccc21. The van der Waals surface area contributed by atoms with Gasteiger partial charge < -0.3 is 15.6 Å². The van der Waals surface area contributed by atoms with E-state index in [0.29, 0.717) is 5.11 Å². The Kier molecular flexibility index (Phi) is 2.87. The van der Waals surface area contributed by atoms with Crippen molar-refractivity contribution in [2.45, 2.75) is 13.5 Å². The summed E-state index contributed by atoms with van der Waals surface area (Å²) in [6.07, 6.45) is 0. The largest absolute Gasteiger partial charge is 0.376 e. The molecule has 0 radical (unpaired) electrons. The van der Waals surface area contributed by atoms with Crippen molar-refractivity contribution in [3.8, 4) is 0 Å². The van der Waals surface area contributed by atoms with E-state index in [2.05, 4.69) is 53.2 Å². The second-order valence-electron chi connectivity index (χ2n) is 4.48. The van der Waals surface area contributed by atoms with Crippen LogP contribution in [0.3, 0.4) is 0 Å². The Morgan fingerprint density at radius 3 is 2.63 bits per heavy atom. The first kappa shape index (κ1) is 12.0. The number of aromatic nitrogens is 1. The molecule has 0 fully saturated rings. The number of hydrogen-bond donors (Lipinski definition) is 2. The molecule has 0 amide bonds. The summed E-state index contributed by atoms with van der Waals surface area (Å²) in [7, 11) is 0. The fourth-order valence-corrected chi connectivity index (χ4v) is 2.73. The molecule has 1 aromatic heterocycles. The Morgan fingerprint density at radius 2 is 1.89 bits per heavy atom. The molecule has 3 N–H and O–H groups in total. The summed E-state index contributed by atoms with van der Waals surface area (Å²) < 4.78 is 2.31. The molecular weight excluding hydrogens is 254 g/mol. The number of nitrogens with two attached hydrogens (primary N) is 1. The van der Waals surface area contributed by atoms with E-state index in [-0.39, 0.29) is 0 Å². The minimum atomic E-state index is 0.290. The highest BCUT2D eigenvalue weighted by Gasteiger charge is 2.09. The van der Waals surface area contributed by atoms with Crippen molar-refractivity contribution in [2.24, 2.45) is 5.73 Å². The molecule has 0 aliphatic carbocycles. The zero-order valence-electron chi connectivity index (χ0n) is 10.7. The summed E-state index contributed by atoms with van der Waals surface area (Å²) in [5.41, 5.74) is 8.95. The first-order chi connectivity index (χ1) is 9.20. The second kappa shape index (κ2) is 4.55. The summed E-state index contributed by atoms with van der Waals surface area (Å²) in [5.74, 6) is 0. The molecule has 96 valence electrons. The first-order valence-corrected chi connectivity index (χ1v) is 6.69. The van der Waals surface area contributed by atoms with Crippen LogP contribution in [0.5, 0.6) is 0 Å². The topological polar surface area (TPSA) is 43.0 Å². The van der Waals surface area contributed by atoms with Gasteiger partial charge in [0.05, 0.1) is 0 Å². The van der Waals surface area contributed by atoms with Crippen LogP contribution in [0, 0.1) is 0 Å². The molecule has 1 heterocycles. The molecule has 0 saturated carbocycles. The number of fused-ring (bicyclic) bond motifs is 3. The van der Waals surface area contributed by atoms with Crippen LogP contribution in [0.15, 0.2) is 42.5 Å². The maximum atomic E-state index is 5.53. The van der Waals surface area contributed by atoms with E-state index in [1.807, 2.05) is 6.07 Å². The third-order valence-corrected chi connectivity index (χ3v) is 3.46. The van der Waals surface area contributed by atoms with Crippen molar-refractivity contribution in [1.29, 1.82) is 0 Å². The molecule has 19 heavy (non-hydrogen) atoms. The van der Waals surface area contributed by atoms with Crippen LogP contribution in [0.25, 0.3) is 21.8 Å². The molecular formula is C15H15N3S. The van der Waals surface area contributed by atoms with Gasteiger partial charge in [-0.15, -0.1) is 0 Å². The number of hydrogen-bond acceptors (Lipinski definition) is 1. The highest BCUT2D eigenvalue weighted by molar-refractivity contribution is 7.80. The van der Waals surface area contributed by atoms with Gasteiger partial charge in [0, 0.05) is 34.0 Å². The van der Waals surface area contributed by atoms with Crippen molar-refractivity contribution >= 4 is 44.8 Å². The van der Waals surface area contributed by atoms with Gasteiger partial charge in [-0.3, -0.25) is 0 Å². The summed E-state index contributed by atoms with van der Waals surface area (Å²) in [6, 6.07) is 14.7. The zero-order chi connectivity index (χ0) is 13.4. The van der Waals surface area contributed by atoms with Gasteiger partial charge in [-0.25, -0.2) is 0 Å². The first-order valence-electron chi connectivity index (χ1n) is 6.28. The van der Waals surface area contributed by atoms with Crippen molar-refractivity contribution < 1.29 is 0 Å². The van der Waals surface area contributed by atoms with Gasteiger partial charge in [0.2, 0.25) is 0 Å². The normalized spacial score (nSPS) is 11.0. The summed E-state index contributed by atoms with van der Waals surface area (Å²) in [5, 5.41) is 5.76. The van der Waals surface area contributed by atoms with E-state index in [0.717, 1.165) is 12.2 Å². The van der Waals surface area contributed by atoms with Crippen LogP contribution >= 0.6 is 12.2 Å². The van der Waals surface area contributed by atoms with Gasteiger partial charge in [0.15, 0.2) is 5.11 Å². The number of anilines is 1. The number of benzene rings is 2. The second-order valence-corrected chi connectivity index (χ2v) is 4.92. The smallest absolute Gasteiger partial charge is 0.168 e. The predicted octanol–water partition coefficient (Wildman–Crippen LogP) is 3.47. The van der Waals surface area contributed by atoms with E-state index in [1.165, 1.54) is 21.8 Å². The van der Waals surface area contributed by atoms with Gasteiger partial charge in [-0.2, -0.15) is 0 Å². The third-order valence-electron chi connectivity index (χ3n) is 3.36. The molecule has 3 nitrogen and oxygen atoms in total. The van der Waals surface area contributed by atoms with Crippen LogP contribution in [-0.2, 0) is 6.54 Å². The van der Waals surface area contributed by atoms with Crippen molar-refractivity contribution in [3.05, 3.63) is 42.5 Å². The standard InChI is InChI=1S/C15H15N3S/c1-2-18-13-6-4-3-5-11(13)12-9-10(17-15(16)19)7-8-14(12)18/h3-9H,2H2,1H3,(H3,16,17,19). The lowest BCUT2D eigenvalue weighted by Gasteiger charge is -2.05. The molecule has 0 saturated heterocycles. The van der Waals surface area contributed by atoms with Crippen molar-refractivity contribution in [2.75, 3.05) is 5.32 Å². The number of nitrogens with zero attached hydrogens (tertiary/aromatic N) is 1. The number of rotatable bonds is 2. The molecule has 0 aliphatic heterocycles. The molecule has 0 atom stereocenters. The predicted molar refractivity (Wildman–Crippen MR) is 85.5 cm³/mol. The molecule has 2 aromatic carbocycles. The molecule has 0 bridgehead atoms. The summed E-state index contributed by atoms with van der Waals surface area (Å²) >= 11 is 4.89. The summed E-state index contributed by atoms with van der Waals surface area (Å²) in [4.78, 5) is 0. The van der Waals surface area contributed by atoms with Gasteiger partial charge in [0.1, 0.15) is 0 Å². The number of aryl methyl sites for hydroxylation is 1. The average Bonchev–Trinajstić information content (AvgIpc) is 2.71. The fraction of sp³-hybridized carbons (Fsp3) is 0.133. The van der Waals surface area contributed by atoms with E-state index in [1.54, 1.807) is 0 Å². The van der Waals surface area contributed by atoms with Crippen molar-refractivity contribution in [3.63, 3.8) is 0 Å². The van der Waals surface area contributed by atoms with Crippen LogP contribution in [0.1, 0.15) is 6.92 Å². The van der Waals surface area contributed by atoms with Gasteiger partial charge in [-0.1, -0.05) is 18.2 Å². The molecule has 0 aliphatic rings. The molecule has 4 heteroatoms. The van der Waals surface area contributed by atoms with E-state index < -0.39 is 0 Å². The Morgan fingerprint density at radius 1 is 1.16 bits per heavy atom. The monoisotopic (exact) mass is 269 g/mol. The number of thiocarbonyl (C=S) groups is 1. The molecule has 0 spiro atoms. The molecule has 0 unspecified atom stereocenters. The Bertz CT molecular complexity index is 774. The number of nitrogens with one attached hydrogen (secondary N) is 1. The van der Waals surface area contributed by atoms with Crippen LogP contribution in [0.2, 0.25) is 0 Å². The molecule has 3 aromatic rings. The lowest BCUT2D eigenvalue weighted by molar-refractivity contribution is 0.827. The fourth-order valence-electron chi connectivity index (χ4n) is 2.61. The van der Waals surface area contributed by atoms with Crippen LogP contribution in [0.4, 0.5) is 5.69 Å². The van der Waals surface area contributed by atoms with E-state index in [9.17, 15) is 0 Å². The number of para-hydroxylation sites is 1. The van der Waals surface area contributed by atoms with E-state index >= 15 is 0 Å². The maximum absolute atomic E-state index is 5.53. The highest BCUT2D eigenvalue weighted by Crippen LogP contribution is 2.30. The van der Waals surface area contributed by atoms with Crippen LogP contribution < -0.4 is 11.1 Å². The van der Waals surface area contributed by atoms with Crippen LogP contribution in [-0.4, -0.2) is 9.68 Å². The lowest BCUT2D eigenvalue weighted by atomic mass is 10.1. The molecule has 3 rings (SSSR count). The maximum Gasteiger partial charge on any atom is 0.168 e. The third kappa shape index (κ3) is 1.94.